The molecule has 2 aliphatic heterocycles. The number of fused-ring (bicyclic) bond motifs is 1. The monoisotopic (exact) mass is 362 g/mol. The standard InChI is InChI=1S/C23H26N2O2/c1-17-5-4-7-19(13-17)22(26)16-24-11-9-18(10-12-24)14-25-15-20-6-2-3-8-21(20)23(25)27/h2-8,13,18H,9-12,14-16H2,1H3. The molecule has 2 aliphatic rings. The number of nitrogens with zero attached hydrogens (tertiary/aromatic N) is 2. The molecule has 0 N–H and O–H groups in total. The normalized spacial score (nSPS) is 18.0. The van der Waals surface area contributed by atoms with Crippen molar-refractivity contribution in [3.05, 3.63) is 70.8 Å². The van der Waals surface area contributed by atoms with Gasteiger partial charge in [-0.3, -0.25) is 14.5 Å². The van der Waals surface area contributed by atoms with Gasteiger partial charge < -0.3 is 4.90 Å². The first-order chi connectivity index (χ1) is 13.1. The topological polar surface area (TPSA) is 40.6 Å². The average molecular weight is 362 g/mol. The van der Waals surface area contributed by atoms with Crippen molar-refractivity contribution in [1.82, 2.24) is 9.80 Å². The predicted octanol–water partition coefficient (Wildman–Crippen LogP) is 3.55. The molecule has 2 aromatic carbocycles. The van der Waals surface area contributed by atoms with E-state index < -0.39 is 0 Å². The lowest BCUT2D eigenvalue weighted by Crippen LogP contribution is -2.41. The van der Waals surface area contributed by atoms with Gasteiger partial charge in [-0.25, -0.2) is 0 Å². The van der Waals surface area contributed by atoms with Gasteiger partial charge in [-0.05, 0) is 56.5 Å². The van der Waals surface area contributed by atoms with Crippen LogP contribution in [0.3, 0.4) is 0 Å². The maximum atomic E-state index is 12.5. The number of benzene rings is 2. The second-order valence-electron chi connectivity index (χ2n) is 7.86. The molecule has 2 heterocycles. The molecule has 1 amide bonds. The summed E-state index contributed by atoms with van der Waals surface area (Å²) in [7, 11) is 0. The number of rotatable bonds is 5. The Labute approximate surface area is 160 Å². The molecule has 0 aliphatic carbocycles. The van der Waals surface area contributed by atoms with Crippen molar-refractivity contribution < 1.29 is 9.59 Å². The van der Waals surface area contributed by atoms with Crippen LogP contribution in [0.15, 0.2) is 48.5 Å². The summed E-state index contributed by atoms with van der Waals surface area (Å²) < 4.78 is 0. The van der Waals surface area contributed by atoms with Crippen LogP contribution in [0.25, 0.3) is 0 Å². The Morgan fingerprint density at radius 1 is 1.07 bits per heavy atom. The van der Waals surface area contributed by atoms with Gasteiger partial charge in [-0.15, -0.1) is 0 Å². The molecule has 0 aromatic heterocycles. The fraction of sp³-hybridized carbons (Fsp3) is 0.391. The minimum absolute atomic E-state index is 0.169. The lowest BCUT2D eigenvalue weighted by Gasteiger charge is -2.33. The van der Waals surface area contributed by atoms with Crippen molar-refractivity contribution in [2.75, 3.05) is 26.2 Å². The zero-order chi connectivity index (χ0) is 18.8. The molecule has 0 unspecified atom stereocenters. The van der Waals surface area contributed by atoms with Crippen LogP contribution in [0.1, 0.15) is 44.7 Å². The maximum absolute atomic E-state index is 12.5. The number of hydrogen-bond acceptors (Lipinski definition) is 3. The summed E-state index contributed by atoms with van der Waals surface area (Å²) in [4.78, 5) is 29.3. The number of carbonyl (C=O) groups is 2. The predicted molar refractivity (Wildman–Crippen MR) is 106 cm³/mol. The van der Waals surface area contributed by atoms with Crippen molar-refractivity contribution in [1.29, 1.82) is 0 Å². The molecule has 1 fully saturated rings. The summed E-state index contributed by atoms with van der Waals surface area (Å²) in [6.45, 7) is 5.92. The Kier molecular flexibility index (Phi) is 5.08. The molecule has 0 saturated carbocycles. The smallest absolute Gasteiger partial charge is 0.254 e. The molecule has 2 aromatic rings. The SMILES string of the molecule is Cc1cccc(C(=O)CN2CCC(CN3Cc4ccccc4C3=O)CC2)c1. The number of aryl methyl sites for hydroxylation is 1. The van der Waals surface area contributed by atoms with E-state index in [1.54, 1.807) is 0 Å². The Morgan fingerprint density at radius 2 is 1.85 bits per heavy atom. The van der Waals surface area contributed by atoms with Crippen molar-refractivity contribution in [2.45, 2.75) is 26.3 Å². The van der Waals surface area contributed by atoms with Crippen LogP contribution in [-0.4, -0.2) is 47.7 Å². The molecular formula is C23H26N2O2. The Morgan fingerprint density at radius 3 is 2.59 bits per heavy atom. The highest BCUT2D eigenvalue weighted by Gasteiger charge is 2.30. The minimum Gasteiger partial charge on any atom is -0.334 e. The van der Waals surface area contributed by atoms with Crippen LogP contribution in [0, 0.1) is 12.8 Å². The third-order valence-electron chi connectivity index (χ3n) is 5.79. The summed E-state index contributed by atoms with van der Waals surface area (Å²) in [5.74, 6) is 0.888. The number of ketones is 1. The average Bonchev–Trinajstić information content (AvgIpc) is 2.99. The molecule has 27 heavy (non-hydrogen) atoms. The van der Waals surface area contributed by atoms with Gasteiger partial charge in [0.25, 0.3) is 5.91 Å². The molecular weight excluding hydrogens is 336 g/mol. The van der Waals surface area contributed by atoms with E-state index in [-0.39, 0.29) is 11.7 Å². The first-order valence-corrected chi connectivity index (χ1v) is 9.79. The summed E-state index contributed by atoms with van der Waals surface area (Å²) in [6, 6.07) is 15.7. The molecule has 4 nitrogen and oxygen atoms in total. The van der Waals surface area contributed by atoms with E-state index in [4.69, 9.17) is 0 Å². The third kappa shape index (κ3) is 3.96. The number of hydrogen-bond donors (Lipinski definition) is 0. The van der Waals surface area contributed by atoms with Gasteiger partial charge in [-0.1, -0.05) is 42.0 Å². The highest BCUT2D eigenvalue weighted by Crippen LogP contribution is 2.26. The van der Waals surface area contributed by atoms with Crippen LogP contribution < -0.4 is 0 Å². The van der Waals surface area contributed by atoms with E-state index in [0.29, 0.717) is 12.5 Å². The van der Waals surface area contributed by atoms with Gasteiger partial charge in [0.05, 0.1) is 6.54 Å². The van der Waals surface area contributed by atoms with Gasteiger partial charge in [-0.2, -0.15) is 0 Å². The highest BCUT2D eigenvalue weighted by atomic mass is 16.2. The van der Waals surface area contributed by atoms with E-state index in [1.165, 1.54) is 0 Å². The molecule has 0 bridgehead atoms. The molecule has 0 radical (unpaired) electrons. The Balaban J connectivity index is 1.27. The van der Waals surface area contributed by atoms with Crippen molar-refractivity contribution in [2.24, 2.45) is 5.92 Å². The highest BCUT2D eigenvalue weighted by molar-refractivity contribution is 5.98. The fourth-order valence-electron chi connectivity index (χ4n) is 4.21. The molecule has 4 heteroatoms. The second-order valence-corrected chi connectivity index (χ2v) is 7.86. The summed E-state index contributed by atoms with van der Waals surface area (Å²) >= 11 is 0. The maximum Gasteiger partial charge on any atom is 0.254 e. The number of likely N-dealkylation sites (tertiary alicyclic amines) is 1. The van der Waals surface area contributed by atoms with Crippen LogP contribution in [0.2, 0.25) is 0 Å². The van der Waals surface area contributed by atoms with Crippen molar-refractivity contribution >= 4 is 11.7 Å². The summed E-state index contributed by atoms with van der Waals surface area (Å²) in [6.07, 6.45) is 2.09. The lowest BCUT2D eigenvalue weighted by molar-refractivity contribution is 0.0707. The van der Waals surface area contributed by atoms with E-state index in [1.807, 2.05) is 60.4 Å². The van der Waals surface area contributed by atoms with Crippen LogP contribution >= 0.6 is 0 Å². The number of amides is 1. The first kappa shape index (κ1) is 17.9. The first-order valence-electron chi connectivity index (χ1n) is 9.79. The van der Waals surface area contributed by atoms with Crippen LogP contribution in [0.5, 0.6) is 0 Å². The van der Waals surface area contributed by atoms with Gasteiger partial charge in [0, 0.05) is 24.2 Å². The van der Waals surface area contributed by atoms with Gasteiger partial charge in [0.2, 0.25) is 0 Å². The van der Waals surface area contributed by atoms with E-state index >= 15 is 0 Å². The zero-order valence-electron chi connectivity index (χ0n) is 15.9. The van der Waals surface area contributed by atoms with E-state index in [2.05, 4.69) is 4.90 Å². The van der Waals surface area contributed by atoms with Gasteiger partial charge >= 0.3 is 0 Å². The second kappa shape index (κ2) is 7.65. The van der Waals surface area contributed by atoms with Crippen molar-refractivity contribution in [3.63, 3.8) is 0 Å². The zero-order valence-corrected chi connectivity index (χ0v) is 15.9. The van der Waals surface area contributed by atoms with E-state index in [9.17, 15) is 9.59 Å². The van der Waals surface area contributed by atoms with Gasteiger partial charge in [0.15, 0.2) is 5.78 Å². The van der Waals surface area contributed by atoms with Crippen LogP contribution in [-0.2, 0) is 6.54 Å². The van der Waals surface area contributed by atoms with Crippen molar-refractivity contribution in [3.8, 4) is 0 Å². The molecule has 140 valence electrons. The molecule has 4 rings (SSSR count). The number of Topliss-reactive ketones (excluding diaryl/α,β-unsaturated/α-hetero) is 1. The Bertz CT molecular complexity index is 853. The Hall–Kier alpha value is -2.46. The quantitative estimate of drug-likeness (QED) is 0.764. The van der Waals surface area contributed by atoms with Crippen LogP contribution in [0.4, 0.5) is 0 Å². The molecule has 0 spiro atoms. The third-order valence-corrected chi connectivity index (χ3v) is 5.79. The number of piperidine rings is 1. The van der Waals surface area contributed by atoms with E-state index in [0.717, 1.165) is 61.3 Å². The largest absolute Gasteiger partial charge is 0.334 e. The number of carbonyl (C=O) groups excluding carboxylic acids is 2. The lowest BCUT2D eigenvalue weighted by atomic mass is 9.95. The minimum atomic E-state index is 0.169. The summed E-state index contributed by atoms with van der Waals surface area (Å²) in [5, 5.41) is 0. The fourth-order valence-corrected chi connectivity index (χ4v) is 4.21. The summed E-state index contributed by atoms with van der Waals surface area (Å²) in [5.41, 5.74) is 3.93. The molecule has 1 saturated heterocycles. The van der Waals surface area contributed by atoms with Gasteiger partial charge in [0.1, 0.15) is 0 Å². The molecule has 0 atom stereocenters.